The lowest BCUT2D eigenvalue weighted by atomic mass is 10.3. The lowest BCUT2D eigenvalue weighted by Crippen LogP contribution is -2.31. The number of para-hydroxylation sites is 1. The molecule has 0 aliphatic rings. The van der Waals surface area contributed by atoms with Gasteiger partial charge in [-0.05, 0) is 6.07 Å². The molecule has 1 aromatic carbocycles. The van der Waals surface area contributed by atoms with Crippen molar-refractivity contribution in [1.82, 2.24) is 0 Å². The van der Waals surface area contributed by atoms with Gasteiger partial charge in [0, 0.05) is 11.5 Å². The quantitative estimate of drug-likeness (QED) is 0.533. The Hall–Kier alpha value is -2.01. The molecule has 0 atom stereocenters. The summed E-state index contributed by atoms with van der Waals surface area (Å²) < 4.78 is 5.17. The number of benzene rings is 1. The number of fused-ring (bicyclic) bond motifs is 1. The molecule has 0 bridgehead atoms. The Bertz CT molecular complexity index is 445. The van der Waals surface area contributed by atoms with Gasteiger partial charge in [-0.1, -0.05) is 18.2 Å². The van der Waals surface area contributed by atoms with Crippen LogP contribution in [0.4, 0.5) is 10.7 Å². The van der Waals surface area contributed by atoms with Gasteiger partial charge < -0.3 is 10.2 Å². The maximum absolute atomic E-state index is 10.6. The molecule has 2 rings (SSSR count). The Morgan fingerprint density at radius 3 is 2.79 bits per heavy atom. The van der Waals surface area contributed by atoms with Crippen LogP contribution in [0.2, 0.25) is 0 Å². The Morgan fingerprint density at radius 1 is 1.43 bits per heavy atom. The normalized spacial score (nSPS) is 10.4. The molecule has 3 N–H and O–H groups in total. The number of carbonyl (C=O) groups is 1. The lowest BCUT2D eigenvalue weighted by Gasteiger charge is -2.05. The van der Waals surface area contributed by atoms with Crippen LogP contribution in [0, 0.1) is 0 Å². The van der Waals surface area contributed by atoms with Gasteiger partial charge in [-0.25, -0.2) is 4.79 Å². The summed E-state index contributed by atoms with van der Waals surface area (Å²) in [6.45, 7) is 0. The van der Waals surface area contributed by atoms with Gasteiger partial charge in [-0.2, -0.15) is 0 Å². The van der Waals surface area contributed by atoms with Gasteiger partial charge in [-0.15, -0.1) is 5.06 Å². The fourth-order valence-corrected chi connectivity index (χ4v) is 1.18. The van der Waals surface area contributed by atoms with Crippen molar-refractivity contribution in [2.24, 2.45) is 5.73 Å². The van der Waals surface area contributed by atoms with Gasteiger partial charge in [0.15, 0.2) is 0 Å². The van der Waals surface area contributed by atoms with E-state index in [0.717, 1.165) is 5.39 Å². The van der Waals surface area contributed by atoms with Crippen LogP contribution in [0.25, 0.3) is 11.0 Å². The van der Waals surface area contributed by atoms with Crippen LogP contribution < -0.4 is 10.8 Å². The summed E-state index contributed by atoms with van der Waals surface area (Å²) in [5.41, 5.74) is 5.45. The van der Waals surface area contributed by atoms with Crippen LogP contribution in [0.3, 0.4) is 0 Å². The van der Waals surface area contributed by atoms with Crippen molar-refractivity contribution in [2.45, 2.75) is 0 Å². The minimum Gasteiger partial charge on any atom is -0.438 e. The standard InChI is InChI=1S/C9H8N2O3/c10-9(12)11(13)8-5-6-3-1-2-4-7(6)14-8/h1-5,13H,(H2,10,12). The molecule has 2 amide bonds. The minimum absolute atomic E-state index is 0.0127. The number of primary amides is 1. The predicted molar refractivity (Wildman–Crippen MR) is 50.1 cm³/mol. The van der Waals surface area contributed by atoms with Crippen molar-refractivity contribution >= 4 is 22.9 Å². The van der Waals surface area contributed by atoms with E-state index in [2.05, 4.69) is 0 Å². The zero-order valence-corrected chi connectivity index (χ0v) is 7.18. The Morgan fingerprint density at radius 2 is 2.14 bits per heavy atom. The lowest BCUT2D eigenvalue weighted by molar-refractivity contribution is 0.205. The summed E-state index contributed by atoms with van der Waals surface area (Å²) in [4.78, 5) is 10.6. The molecule has 2 aromatic rings. The number of hydroxylamine groups is 1. The number of hydrogen-bond donors (Lipinski definition) is 2. The molecule has 1 aromatic heterocycles. The van der Waals surface area contributed by atoms with Crippen LogP contribution in [0.15, 0.2) is 34.7 Å². The second-order valence-corrected chi connectivity index (χ2v) is 2.77. The van der Waals surface area contributed by atoms with Gasteiger partial charge in [0.05, 0.1) is 0 Å². The van der Waals surface area contributed by atoms with Crippen LogP contribution >= 0.6 is 0 Å². The van der Waals surface area contributed by atoms with Gasteiger partial charge in [0.2, 0.25) is 5.88 Å². The summed E-state index contributed by atoms with van der Waals surface area (Å²) in [5.74, 6) is 0.0127. The molecule has 0 fully saturated rings. The molecule has 0 aliphatic carbocycles. The Labute approximate surface area is 79.3 Å². The van der Waals surface area contributed by atoms with E-state index in [1.165, 1.54) is 6.07 Å². The molecular formula is C9H8N2O3. The molecule has 0 saturated carbocycles. The van der Waals surface area contributed by atoms with Crippen LogP contribution in [-0.2, 0) is 0 Å². The summed E-state index contributed by atoms with van der Waals surface area (Å²) in [5, 5.41) is 10.2. The third kappa shape index (κ3) is 1.29. The number of rotatable bonds is 1. The Balaban J connectivity index is 2.50. The SMILES string of the molecule is NC(=O)N(O)c1cc2ccccc2o1. The number of nitrogens with two attached hydrogens (primary N) is 1. The first-order chi connectivity index (χ1) is 6.68. The molecule has 5 heteroatoms. The van der Waals surface area contributed by atoms with Gasteiger partial charge in [-0.3, -0.25) is 5.21 Å². The molecule has 0 saturated heterocycles. The predicted octanol–water partition coefficient (Wildman–Crippen LogP) is 1.71. The van der Waals surface area contributed by atoms with E-state index >= 15 is 0 Å². The minimum atomic E-state index is -0.982. The highest BCUT2D eigenvalue weighted by molar-refractivity contribution is 5.90. The largest absolute Gasteiger partial charge is 0.438 e. The molecular weight excluding hydrogens is 184 g/mol. The first kappa shape index (κ1) is 8.58. The van der Waals surface area contributed by atoms with Crippen molar-refractivity contribution in [3.05, 3.63) is 30.3 Å². The number of anilines is 1. The highest BCUT2D eigenvalue weighted by Crippen LogP contribution is 2.24. The summed E-state index contributed by atoms with van der Waals surface area (Å²) >= 11 is 0. The van der Waals surface area contributed by atoms with E-state index in [-0.39, 0.29) is 10.9 Å². The van der Waals surface area contributed by atoms with Crippen molar-refractivity contribution in [3.8, 4) is 0 Å². The Kier molecular flexibility index (Phi) is 1.86. The van der Waals surface area contributed by atoms with Crippen molar-refractivity contribution in [3.63, 3.8) is 0 Å². The van der Waals surface area contributed by atoms with E-state index in [9.17, 15) is 4.79 Å². The van der Waals surface area contributed by atoms with Crippen molar-refractivity contribution < 1.29 is 14.4 Å². The number of nitrogens with zero attached hydrogens (tertiary/aromatic N) is 1. The molecule has 0 unspecified atom stereocenters. The van der Waals surface area contributed by atoms with E-state index in [1.807, 2.05) is 6.07 Å². The maximum atomic E-state index is 10.6. The summed E-state index contributed by atoms with van der Waals surface area (Å²) in [6, 6.07) is 7.70. The van der Waals surface area contributed by atoms with E-state index < -0.39 is 6.03 Å². The molecule has 72 valence electrons. The molecule has 14 heavy (non-hydrogen) atoms. The third-order valence-electron chi connectivity index (χ3n) is 1.83. The molecule has 0 spiro atoms. The first-order valence-electron chi connectivity index (χ1n) is 3.95. The fourth-order valence-electron chi connectivity index (χ4n) is 1.18. The average molecular weight is 192 g/mol. The van der Waals surface area contributed by atoms with Crippen molar-refractivity contribution in [1.29, 1.82) is 0 Å². The first-order valence-corrected chi connectivity index (χ1v) is 3.95. The fraction of sp³-hybridized carbons (Fsp3) is 0. The third-order valence-corrected chi connectivity index (χ3v) is 1.83. The molecule has 1 heterocycles. The maximum Gasteiger partial charge on any atom is 0.346 e. The van der Waals surface area contributed by atoms with E-state index in [4.69, 9.17) is 15.4 Å². The molecule has 0 radical (unpaired) electrons. The number of furan rings is 1. The van der Waals surface area contributed by atoms with Gasteiger partial charge in [0.1, 0.15) is 5.58 Å². The summed E-state index contributed by atoms with van der Waals surface area (Å²) in [7, 11) is 0. The zero-order chi connectivity index (χ0) is 10.1. The van der Waals surface area contributed by atoms with Crippen LogP contribution in [-0.4, -0.2) is 11.2 Å². The second-order valence-electron chi connectivity index (χ2n) is 2.77. The molecule has 0 aliphatic heterocycles. The second kappa shape index (κ2) is 3.04. The van der Waals surface area contributed by atoms with Crippen LogP contribution in [0.5, 0.6) is 0 Å². The highest BCUT2D eigenvalue weighted by Gasteiger charge is 2.13. The smallest absolute Gasteiger partial charge is 0.346 e. The summed E-state index contributed by atoms with van der Waals surface area (Å²) in [6.07, 6.45) is 0. The van der Waals surface area contributed by atoms with Crippen LogP contribution in [0.1, 0.15) is 0 Å². The topological polar surface area (TPSA) is 79.7 Å². The van der Waals surface area contributed by atoms with E-state index in [0.29, 0.717) is 5.58 Å². The van der Waals surface area contributed by atoms with Gasteiger partial charge >= 0.3 is 6.03 Å². The number of amides is 2. The average Bonchev–Trinajstić information content (AvgIpc) is 2.59. The number of carbonyl (C=O) groups excluding carboxylic acids is 1. The van der Waals surface area contributed by atoms with E-state index in [1.54, 1.807) is 18.2 Å². The highest BCUT2D eigenvalue weighted by atomic mass is 16.5. The zero-order valence-electron chi connectivity index (χ0n) is 7.18. The molecule has 5 nitrogen and oxygen atoms in total. The monoisotopic (exact) mass is 192 g/mol. The number of urea groups is 1. The van der Waals surface area contributed by atoms with Gasteiger partial charge in [0.25, 0.3) is 0 Å². The van der Waals surface area contributed by atoms with Crippen molar-refractivity contribution in [2.75, 3.05) is 5.06 Å². The number of hydrogen-bond acceptors (Lipinski definition) is 3.